The molecule has 2 aromatic rings. The Morgan fingerprint density at radius 1 is 1.16 bits per heavy atom. The normalized spacial score (nSPS) is 13.9. The molecule has 100 valence electrons. The van der Waals surface area contributed by atoms with Gasteiger partial charge in [-0.2, -0.15) is 0 Å². The van der Waals surface area contributed by atoms with E-state index in [0.717, 1.165) is 5.56 Å². The summed E-state index contributed by atoms with van der Waals surface area (Å²) in [5, 5.41) is 10.8. The average molecular weight is 260 g/mol. The number of rotatable bonds is 3. The number of aryl methyl sites for hydroxylation is 1. The zero-order valence-electron chi connectivity index (χ0n) is 11.3. The van der Waals surface area contributed by atoms with Gasteiger partial charge in [-0.3, -0.25) is 0 Å². The molecule has 1 unspecified atom stereocenters. The van der Waals surface area contributed by atoms with Gasteiger partial charge in [0, 0.05) is 5.56 Å². The molecule has 0 bridgehead atoms. The predicted molar refractivity (Wildman–Crippen MR) is 72.8 cm³/mol. The minimum absolute atomic E-state index is 0.371. The molecule has 2 rings (SSSR count). The SMILES string of the molecule is COc1ccc(C)cc1C(C)(O)c1cccc(F)c1. The molecule has 0 radical (unpaired) electrons. The molecule has 0 aliphatic heterocycles. The summed E-state index contributed by atoms with van der Waals surface area (Å²) in [6.07, 6.45) is 0. The van der Waals surface area contributed by atoms with Gasteiger partial charge in [0.1, 0.15) is 17.2 Å². The lowest BCUT2D eigenvalue weighted by Crippen LogP contribution is -2.24. The fraction of sp³-hybridized carbons (Fsp3) is 0.250. The summed E-state index contributed by atoms with van der Waals surface area (Å²) in [5.74, 6) is 0.212. The summed E-state index contributed by atoms with van der Waals surface area (Å²) >= 11 is 0. The molecule has 0 heterocycles. The van der Waals surface area contributed by atoms with Crippen molar-refractivity contribution >= 4 is 0 Å². The maximum Gasteiger partial charge on any atom is 0.125 e. The Balaban J connectivity index is 2.58. The average Bonchev–Trinajstić information content (AvgIpc) is 2.38. The predicted octanol–water partition coefficient (Wildman–Crippen LogP) is 3.40. The highest BCUT2D eigenvalue weighted by Crippen LogP contribution is 2.36. The van der Waals surface area contributed by atoms with E-state index in [9.17, 15) is 9.50 Å². The minimum Gasteiger partial charge on any atom is -0.496 e. The van der Waals surface area contributed by atoms with E-state index in [0.29, 0.717) is 16.9 Å². The Bertz CT molecular complexity index is 591. The minimum atomic E-state index is -1.31. The summed E-state index contributed by atoms with van der Waals surface area (Å²) in [4.78, 5) is 0. The summed E-state index contributed by atoms with van der Waals surface area (Å²) in [7, 11) is 1.55. The first-order valence-electron chi connectivity index (χ1n) is 6.08. The molecular weight excluding hydrogens is 243 g/mol. The molecule has 0 aliphatic carbocycles. The van der Waals surface area contributed by atoms with Crippen LogP contribution < -0.4 is 4.74 Å². The number of benzene rings is 2. The van der Waals surface area contributed by atoms with Crippen LogP contribution in [0.3, 0.4) is 0 Å². The van der Waals surface area contributed by atoms with Gasteiger partial charge in [0.25, 0.3) is 0 Å². The molecule has 19 heavy (non-hydrogen) atoms. The highest BCUT2D eigenvalue weighted by molar-refractivity contribution is 5.46. The number of halogens is 1. The van der Waals surface area contributed by atoms with Crippen LogP contribution in [-0.4, -0.2) is 12.2 Å². The van der Waals surface area contributed by atoms with Crippen molar-refractivity contribution in [3.63, 3.8) is 0 Å². The lowest BCUT2D eigenvalue weighted by atomic mass is 9.87. The summed E-state index contributed by atoms with van der Waals surface area (Å²) in [6.45, 7) is 3.57. The fourth-order valence-corrected chi connectivity index (χ4v) is 2.15. The standard InChI is InChI=1S/C16H17FO2/c1-11-7-8-15(19-3)14(9-11)16(2,18)12-5-4-6-13(17)10-12/h4-10,18H,1-3H3. The number of hydrogen-bond donors (Lipinski definition) is 1. The Hall–Kier alpha value is -1.87. The molecule has 1 N–H and O–H groups in total. The third-order valence-electron chi connectivity index (χ3n) is 3.27. The fourth-order valence-electron chi connectivity index (χ4n) is 2.15. The number of hydrogen-bond acceptors (Lipinski definition) is 2. The van der Waals surface area contributed by atoms with Crippen LogP contribution in [0.25, 0.3) is 0 Å². The Morgan fingerprint density at radius 3 is 2.53 bits per heavy atom. The van der Waals surface area contributed by atoms with Crippen molar-refractivity contribution in [1.82, 2.24) is 0 Å². The first-order chi connectivity index (χ1) is 8.95. The van der Waals surface area contributed by atoms with Crippen LogP contribution in [0.2, 0.25) is 0 Å². The van der Waals surface area contributed by atoms with Crippen LogP contribution in [0, 0.1) is 12.7 Å². The quantitative estimate of drug-likeness (QED) is 0.916. The maximum absolute atomic E-state index is 13.3. The second kappa shape index (κ2) is 5.02. The molecule has 0 saturated carbocycles. The monoisotopic (exact) mass is 260 g/mol. The van der Waals surface area contributed by atoms with Gasteiger partial charge in [-0.25, -0.2) is 4.39 Å². The van der Waals surface area contributed by atoms with Crippen LogP contribution in [-0.2, 0) is 5.60 Å². The Morgan fingerprint density at radius 2 is 1.89 bits per heavy atom. The third kappa shape index (κ3) is 2.61. The topological polar surface area (TPSA) is 29.5 Å². The van der Waals surface area contributed by atoms with Crippen molar-refractivity contribution < 1.29 is 14.2 Å². The molecule has 0 spiro atoms. The molecule has 0 amide bonds. The van der Waals surface area contributed by atoms with Gasteiger partial charge in [-0.15, -0.1) is 0 Å². The van der Waals surface area contributed by atoms with Gasteiger partial charge in [-0.05, 0) is 43.7 Å². The van der Waals surface area contributed by atoms with E-state index in [1.54, 1.807) is 32.2 Å². The summed E-state index contributed by atoms with van der Waals surface area (Å²) in [6, 6.07) is 11.5. The number of aliphatic hydroxyl groups is 1. The second-order valence-corrected chi connectivity index (χ2v) is 4.79. The molecular formula is C16H17FO2. The van der Waals surface area contributed by atoms with Crippen LogP contribution in [0.5, 0.6) is 5.75 Å². The lowest BCUT2D eigenvalue weighted by Gasteiger charge is -2.26. The van der Waals surface area contributed by atoms with Crippen molar-refractivity contribution in [2.24, 2.45) is 0 Å². The molecule has 2 nitrogen and oxygen atoms in total. The van der Waals surface area contributed by atoms with Crippen molar-refractivity contribution in [3.05, 3.63) is 65.0 Å². The smallest absolute Gasteiger partial charge is 0.125 e. The molecule has 2 aromatic carbocycles. The van der Waals surface area contributed by atoms with Gasteiger partial charge in [0.2, 0.25) is 0 Å². The van der Waals surface area contributed by atoms with Crippen molar-refractivity contribution in [1.29, 1.82) is 0 Å². The van der Waals surface area contributed by atoms with E-state index >= 15 is 0 Å². The molecule has 3 heteroatoms. The zero-order chi connectivity index (χ0) is 14.0. The lowest BCUT2D eigenvalue weighted by molar-refractivity contribution is 0.0985. The van der Waals surface area contributed by atoms with Crippen LogP contribution in [0.4, 0.5) is 4.39 Å². The Labute approximate surface area is 112 Å². The highest BCUT2D eigenvalue weighted by atomic mass is 19.1. The Kier molecular flexibility index (Phi) is 3.58. The molecule has 0 aliphatic rings. The third-order valence-corrected chi connectivity index (χ3v) is 3.27. The second-order valence-electron chi connectivity index (χ2n) is 4.79. The van der Waals surface area contributed by atoms with E-state index in [4.69, 9.17) is 4.74 Å². The van der Waals surface area contributed by atoms with Crippen LogP contribution in [0.1, 0.15) is 23.6 Å². The van der Waals surface area contributed by atoms with E-state index in [-0.39, 0.29) is 5.82 Å². The highest BCUT2D eigenvalue weighted by Gasteiger charge is 2.29. The largest absolute Gasteiger partial charge is 0.496 e. The maximum atomic E-state index is 13.3. The van der Waals surface area contributed by atoms with Crippen molar-refractivity contribution in [2.45, 2.75) is 19.4 Å². The summed E-state index contributed by atoms with van der Waals surface area (Å²) < 4.78 is 18.6. The number of ether oxygens (including phenoxy) is 1. The van der Waals surface area contributed by atoms with Gasteiger partial charge in [0.05, 0.1) is 7.11 Å². The van der Waals surface area contributed by atoms with Gasteiger partial charge >= 0.3 is 0 Å². The van der Waals surface area contributed by atoms with Gasteiger partial charge < -0.3 is 9.84 Å². The van der Waals surface area contributed by atoms with Gasteiger partial charge in [0.15, 0.2) is 0 Å². The number of methoxy groups -OCH3 is 1. The molecule has 0 aromatic heterocycles. The van der Waals surface area contributed by atoms with Crippen molar-refractivity contribution in [2.75, 3.05) is 7.11 Å². The van der Waals surface area contributed by atoms with Gasteiger partial charge in [-0.1, -0.05) is 23.8 Å². The van der Waals surface area contributed by atoms with E-state index in [1.807, 2.05) is 19.1 Å². The zero-order valence-corrected chi connectivity index (χ0v) is 11.3. The summed E-state index contributed by atoms with van der Waals surface area (Å²) in [5.41, 5.74) is 0.823. The van der Waals surface area contributed by atoms with Crippen LogP contribution in [0.15, 0.2) is 42.5 Å². The first kappa shape index (κ1) is 13.6. The molecule has 0 saturated heterocycles. The van der Waals surface area contributed by atoms with Crippen molar-refractivity contribution in [3.8, 4) is 5.75 Å². The molecule has 0 fully saturated rings. The van der Waals surface area contributed by atoms with Crippen LogP contribution >= 0.6 is 0 Å². The van der Waals surface area contributed by atoms with E-state index < -0.39 is 5.60 Å². The van der Waals surface area contributed by atoms with E-state index in [1.165, 1.54) is 12.1 Å². The van der Waals surface area contributed by atoms with E-state index in [2.05, 4.69) is 0 Å². The molecule has 1 atom stereocenters. The first-order valence-corrected chi connectivity index (χ1v) is 6.08.